The molecule has 0 saturated carbocycles. The molecule has 0 aliphatic rings. The molecule has 1 N–H and O–H groups in total. The third-order valence-electron chi connectivity index (χ3n) is 1.77. The molecule has 4 nitrogen and oxygen atoms in total. The van der Waals surface area contributed by atoms with E-state index in [0.29, 0.717) is 6.54 Å². The van der Waals surface area contributed by atoms with Gasteiger partial charge in [-0.2, -0.15) is 0 Å². The Labute approximate surface area is 96.0 Å². The quantitative estimate of drug-likeness (QED) is 0.785. The summed E-state index contributed by atoms with van der Waals surface area (Å²) in [5, 5.41) is 3.02. The van der Waals surface area contributed by atoms with Crippen molar-refractivity contribution in [3.63, 3.8) is 0 Å². The predicted molar refractivity (Wildman–Crippen MR) is 61.8 cm³/mol. The lowest BCUT2D eigenvalue weighted by Crippen LogP contribution is -2.31. The normalized spacial score (nSPS) is 11.2. The summed E-state index contributed by atoms with van der Waals surface area (Å²) in [4.78, 5) is 15.3. The molecule has 0 amide bonds. The lowest BCUT2D eigenvalue weighted by molar-refractivity contribution is -0.153. The summed E-state index contributed by atoms with van der Waals surface area (Å²) in [5.74, 6) is -0.235. The number of pyridine rings is 1. The van der Waals surface area contributed by atoms with E-state index in [1.807, 2.05) is 32.9 Å². The summed E-state index contributed by atoms with van der Waals surface area (Å²) < 4.78 is 5.16. The minimum absolute atomic E-state index is 0.222. The third-order valence-corrected chi connectivity index (χ3v) is 1.77. The molecule has 0 saturated heterocycles. The first kappa shape index (κ1) is 12.6. The largest absolute Gasteiger partial charge is 0.459 e. The average molecular weight is 222 g/mol. The average Bonchev–Trinajstić information content (AvgIpc) is 2.16. The number of aromatic nitrogens is 1. The SMILES string of the molecule is CC(C)(C)OC(=O)CNCc1ccncc1. The first-order valence-electron chi connectivity index (χ1n) is 5.29. The van der Waals surface area contributed by atoms with E-state index in [9.17, 15) is 4.79 Å². The molecule has 0 radical (unpaired) electrons. The Morgan fingerprint density at radius 3 is 2.56 bits per heavy atom. The van der Waals surface area contributed by atoms with Gasteiger partial charge in [-0.1, -0.05) is 0 Å². The number of hydrogen-bond donors (Lipinski definition) is 1. The highest BCUT2D eigenvalue weighted by Gasteiger charge is 2.15. The van der Waals surface area contributed by atoms with Crippen molar-refractivity contribution in [3.8, 4) is 0 Å². The van der Waals surface area contributed by atoms with Gasteiger partial charge in [-0.3, -0.25) is 9.78 Å². The maximum atomic E-state index is 11.4. The Balaban J connectivity index is 2.24. The minimum Gasteiger partial charge on any atom is -0.459 e. The second-order valence-corrected chi connectivity index (χ2v) is 4.55. The molecule has 0 fully saturated rings. The van der Waals surface area contributed by atoms with Crippen molar-refractivity contribution in [2.45, 2.75) is 32.9 Å². The van der Waals surface area contributed by atoms with Gasteiger partial charge in [0.05, 0.1) is 6.54 Å². The van der Waals surface area contributed by atoms with Crippen LogP contribution < -0.4 is 5.32 Å². The van der Waals surface area contributed by atoms with Gasteiger partial charge >= 0.3 is 5.97 Å². The fourth-order valence-electron chi connectivity index (χ4n) is 1.19. The van der Waals surface area contributed by atoms with Crippen molar-refractivity contribution in [2.75, 3.05) is 6.54 Å². The lowest BCUT2D eigenvalue weighted by Gasteiger charge is -2.19. The van der Waals surface area contributed by atoms with E-state index in [-0.39, 0.29) is 12.5 Å². The van der Waals surface area contributed by atoms with Gasteiger partial charge in [0.25, 0.3) is 0 Å². The number of rotatable bonds is 4. The number of carbonyl (C=O) groups is 1. The van der Waals surface area contributed by atoms with Crippen LogP contribution in [0.3, 0.4) is 0 Å². The highest BCUT2D eigenvalue weighted by atomic mass is 16.6. The van der Waals surface area contributed by atoms with Crippen LogP contribution in [0.15, 0.2) is 24.5 Å². The van der Waals surface area contributed by atoms with Crippen LogP contribution in [-0.2, 0) is 16.1 Å². The second-order valence-electron chi connectivity index (χ2n) is 4.55. The Bertz CT molecular complexity index is 331. The van der Waals surface area contributed by atoms with E-state index in [1.54, 1.807) is 12.4 Å². The van der Waals surface area contributed by atoms with Crippen LogP contribution in [0.2, 0.25) is 0 Å². The fourth-order valence-corrected chi connectivity index (χ4v) is 1.19. The van der Waals surface area contributed by atoms with Gasteiger partial charge in [0, 0.05) is 18.9 Å². The maximum absolute atomic E-state index is 11.4. The van der Waals surface area contributed by atoms with Crippen LogP contribution in [0.5, 0.6) is 0 Å². The first-order valence-corrected chi connectivity index (χ1v) is 5.29. The molecule has 16 heavy (non-hydrogen) atoms. The summed E-state index contributed by atoms with van der Waals surface area (Å²) in [6, 6.07) is 3.81. The number of carbonyl (C=O) groups excluding carboxylic acids is 1. The number of ether oxygens (including phenoxy) is 1. The monoisotopic (exact) mass is 222 g/mol. The van der Waals surface area contributed by atoms with Gasteiger partial charge in [0.1, 0.15) is 5.60 Å². The molecule has 1 aromatic rings. The molecule has 0 spiro atoms. The zero-order valence-corrected chi connectivity index (χ0v) is 9.99. The number of esters is 1. The van der Waals surface area contributed by atoms with E-state index in [0.717, 1.165) is 5.56 Å². The molecule has 0 aromatic carbocycles. The molecule has 0 aliphatic heterocycles. The Hall–Kier alpha value is -1.42. The lowest BCUT2D eigenvalue weighted by atomic mass is 10.2. The van der Waals surface area contributed by atoms with Crippen molar-refractivity contribution in [2.24, 2.45) is 0 Å². The van der Waals surface area contributed by atoms with E-state index in [2.05, 4.69) is 10.3 Å². The minimum atomic E-state index is -0.421. The van der Waals surface area contributed by atoms with Gasteiger partial charge in [-0.15, -0.1) is 0 Å². The number of hydrogen-bond acceptors (Lipinski definition) is 4. The Kier molecular flexibility index (Phi) is 4.43. The molecule has 0 atom stereocenters. The molecular weight excluding hydrogens is 204 g/mol. The topological polar surface area (TPSA) is 51.2 Å². The summed E-state index contributed by atoms with van der Waals surface area (Å²) >= 11 is 0. The highest BCUT2D eigenvalue weighted by Crippen LogP contribution is 2.06. The summed E-state index contributed by atoms with van der Waals surface area (Å²) in [6.07, 6.45) is 3.45. The van der Waals surface area contributed by atoms with E-state index in [1.165, 1.54) is 0 Å². The molecule has 0 aliphatic carbocycles. The molecule has 1 rings (SSSR count). The van der Waals surface area contributed by atoms with Crippen molar-refractivity contribution in [1.29, 1.82) is 0 Å². The van der Waals surface area contributed by atoms with Crippen LogP contribution in [0.25, 0.3) is 0 Å². The van der Waals surface area contributed by atoms with Gasteiger partial charge < -0.3 is 10.1 Å². The highest BCUT2D eigenvalue weighted by molar-refractivity contribution is 5.72. The van der Waals surface area contributed by atoms with E-state index in [4.69, 9.17) is 4.74 Å². The van der Waals surface area contributed by atoms with Crippen LogP contribution in [0.1, 0.15) is 26.3 Å². The first-order chi connectivity index (χ1) is 7.47. The maximum Gasteiger partial charge on any atom is 0.320 e. The van der Waals surface area contributed by atoms with Gasteiger partial charge in [-0.25, -0.2) is 0 Å². The zero-order valence-electron chi connectivity index (χ0n) is 9.99. The van der Waals surface area contributed by atoms with E-state index >= 15 is 0 Å². The molecule has 1 aromatic heterocycles. The number of nitrogens with zero attached hydrogens (tertiary/aromatic N) is 1. The molecular formula is C12H18N2O2. The van der Waals surface area contributed by atoms with Gasteiger partial charge in [0.15, 0.2) is 0 Å². The summed E-state index contributed by atoms with van der Waals surface area (Å²) in [6.45, 7) is 6.43. The fraction of sp³-hybridized carbons (Fsp3) is 0.500. The van der Waals surface area contributed by atoms with Crippen LogP contribution in [0.4, 0.5) is 0 Å². The van der Waals surface area contributed by atoms with Crippen LogP contribution in [0, 0.1) is 0 Å². The molecule has 0 unspecified atom stereocenters. The Morgan fingerprint density at radius 2 is 2.00 bits per heavy atom. The molecule has 0 bridgehead atoms. The van der Waals surface area contributed by atoms with Crippen LogP contribution in [-0.4, -0.2) is 23.1 Å². The predicted octanol–water partition coefficient (Wildman–Crippen LogP) is 1.51. The zero-order chi connectivity index (χ0) is 12.0. The van der Waals surface area contributed by atoms with Gasteiger partial charge in [0.2, 0.25) is 0 Å². The van der Waals surface area contributed by atoms with Crippen molar-refractivity contribution in [3.05, 3.63) is 30.1 Å². The summed E-state index contributed by atoms with van der Waals surface area (Å²) in [5.41, 5.74) is 0.675. The van der Waals surface area contributed by atoms with Gasteiger partial charge in [-0.05, 0) is 38.5 Å². The number of nitrogens with one attached hydrogen (secondary N) is 1. The standard InChI is InChI=1S/C12H18N2O2/c1-12(2,3)16-11(15)9-14-8-10-4-6-13-7-5-10/h4-7,14H,8-9H2,1-3H3. The third kappa shape index (κ3) is 5.46. The van der Waals surface area contributed by atoms with Crippen LogP contribution >= 0.6 is 0 Å². The molecule has 1 heterocycles. The smallest absolute Gasteiger partial charge is 0.320 e. The molecule has 4 heteroatoms. The van der Waals surface area contributed by atoms with Crippen molar-refractivity contribution >= 4 is 5.97 Å². The summed E-state index contributed by atoms with van der Waals surface area (Å²) in [7, 11) is 0. The second kappa shape index (κ2) is 5.61. The van der Waals surface area contributed by atoms with Crippen molar-refractivity contribution < 1.29 is 9.53 Å². The van der Waals surface area contributed by atoms with E-state index < -0.39 is 5.60 Å². The Morgan fingerprint density at radius 1 is 1.38 bits per heavy atom. The molecule has 88 valence electrons. The van der Waals surface area contributed by atoms with Crippen molar-refractivity contribution in [1.82, 2.24) is 10.3 Å².